The van der Waals surface area contributed by atoms with Crippen LogP contribution in [0, 0.1) is 0 Å². The minimum absolute atomic E-state index is 0.255. The Morgan fingerprint density at radius 3 is 2.63 bits per heavy atom. The van der Waals surface area contributed by atoms with Crippen molar-refractivity contribution in [2.75, 3.05) is 19.7 Å². The first-order valence-corrected chi connectivity index (χ1v) is 8.34. The molecule has 3 aliphatic rings. The van der Waals surface area contributed by atoms with E-state index in [0.717, 1.165) is 19.5 Å². The number of hydrogen-bond donors (Lipinski definition) is 1. The molecule has 0 radical (unpaired) electrons. The third kappa shape index (κ3) is 3.14. The maximum Gasteiger partial charge on any atom is 0.0710 e. The molecule has 3 rings (SSSR count). The molecule has 110 valence electrons. The van der Waals surface area contributed by atoms with Crippen molar-refractivity contribution in [2.45, 2.75) is 82.0 Å². The average Bonchev–Trinajstić information content (AvgIpc) is 2.97. The second-order valence-electron chi connectivity index (χ2n) is 6.85. The number of hydrogen-bond acceptors (Lipinski definition) is 3. The quantitative estimate of drug-likeness (QED) is 0.853. The fourth-order valence-electron chi connectivity index (χ4n) is 4.36. The lowest BCUT2D eigenvalue weighted by Crippen LogP contribution is -2.42. The molecular formula is C16H29NO2. The van der Waals surface area contributed by atoms with Crippen molar-refractivity contribution in [3.63, 3.8) is 0 Å². The maximum absolute atomic E-state index is 9.58. The SMILES string of the molecule is OCC1CCCCCN1CC1CCC2(CCCC2)O1. The molecule has 2 atom stereocenters. The van der Waals surface area contributed by atoms with Crippen LogP contribution in [0.2, 0.25) is 0 Å². The van der Waals surface area contributed by atoms with E-state index in [4.69, 9.17) is 4.74 Å². The lowest BCUT2D eigenvalue weighted by molar-refractivity contribution is -0.0533. The van der Waals surface area contributed by atoms with Gasteiger partial charge in [-0.15, -0.1) is 0 Å². The molecule has 19 heavy (non-hydrogen) atoms. The first kappa shape index (κ1) is 13.8. The number of likely N-dealkylation sites (tertiary alicyclic amines) is 1. The van der Waals surface area contributed by atoms with Gasteiger partial charge in [-0.3, -0.25) is 4.90 Å². The van der Waals surface area contributed by atoms with E-state index in [9.17, 15) is 5.11 Å². The standard InChI is InChI=1S/C16H29NO2/c18-13-14-6-2-1-5-11-17(14)12-15-7-10-16(19-15)8-3-4-9-16/h14-15,18H,1-13H2. The smallest absolute Gasteiger partial charge is 0.0710 e. The molecule has 2 aliphatic heterocycles. The molecule has 3 heteroatoms. The van der Waals surface area contributed by atoms with Gasteiger partial charge in [0.15, 0.2) is 0 Å². The summed E-state index contributed by atoms with van der Waals surface area (Å²) >= 11 is 0. The summed E-state index contributed by atoms with van der Waals surface area (Å²) in [6.07, 6.45) is 13.3. The van der Waals surface area contributed by atoms with Crippen molar-refractivity contribution in [1.29, 1.82) is 0 Å². The normalized spacial score (nSPS) is 35.8. The van der Waals surface area contributed by atoms with E-state index in [0.29, 0.717) is 18.8 Å². The Kier molecular flexibility index (Phi) is 4.45. The summed E-state index contributed by atoms with van der Waals surface area (Å²) in [6, 6.07) is 0.381. The lowest BCUT2D eigenvalue weighted by atomic mass is 9.98. The van der Waals surface area contributed by atoms with Gasteiger partial charge in [0, 0.05) is 12.6 Å². The van der Waals surface area contributed by atoms with Crippen LogP contribution in [0.4, 0.5) is 0 Å². The Bertz CT molecular complexity index is 288. The van der Waals surface area contributed by atoms with Gasteiger partial charge in [-0.25, -0.2) is 0 Å². The van der Waals surface area contributed by atoms with E-state index in [1.165, 1.54) is 57.8 Å². The fourth-order valence-corrected chi connectivity index (χ4v) is 4.36. The predicted molar refractivity (Wildman–Crippen MR) is 76.2 cm³/mol. The van der Waals surface area contributed by atoms with Crippen molar-refractivity contribution in [2.24, 2.45) is 0 Å². The van der Waals surface area contributed by atoms with Crippen LogP contribution < -0.4 is 0 Å². The van der Waals surface area contributed by atoms with E-state index in [2.05, 4.69) is 4.90 Å². The molecule has 0 aromatic heterocycles. The van der Waals surface area contributed by atoms with E-state index >= 15 is 0 Å². The third-order valence-corrected chi connectivity index (χ3v) is 5.50. The average molecular weight is 267 g/mol. The zero-order valence-electron chi connectivity index (χ0n) is 12.1. The summed E-state index contributed by atoms with van der Waals surface area (Å²) < 4.78 is 6.42. The maximum atomic E-state index is 9.58. The Morgan fingerprint density at radius 2 is 1.84 bits per heavy atom. The van der Waals surface area contributed by atoms with Gasteiger partial charge in [-0.1, -0.05) is 25.7 Å². The van der Waals surface area contributed by atoms with Crippen LogP contribution in [0.3, 0.4) is 0 Å². The van der Waals surface area contributed by atoms with Crippen LogP contribution in [0.25, 0.3) is 0 Å². The molecule has 0 aromatic carbocycles. The molecule has 1 saturated carbocycles. The van der Waals surface area contributed by atoms with Crippen molar-refractivity contribution in [3.05, 3.63) is 0 Å². The molecule has 2 heterocycles. The minimum atomic E-state index is 0.255. The molecule has 0 amide bonds. The van der Waals surface area contributed by atoms with Gasteiger partial charge in [0.05, 0.1) is 18.3 Å². The van der Waals surface area contributed by atoms with Gasteiger partial charge >= 0.3 is 0 Å². The number of nitrogens with zero attached hydrogens (tertiary/aromatic N) is 1. The van der Waals surface area contributed by atoms with Gasteiger partial charge < -0.3 is 9.84 Å². The predicted octanol–water partition coefficient (Wildman–Crippen LogP) is 2.72. The highest BCUT2D eigenvalue weighted by Gasteiger charge is 2.42. The minimum Gasteiger partial charge on any atom is -0.395 e. The highest BCUT2D eigenvalue weighted by molar-refractivity contribution is 4.94. The molecule has 2 saturated heterocycles. The Labute approximate surface area is 117 Å². The first-order chi connectivity index (χ1) is 9.31. The highest BCUT2D eigenvalue weighted by atomic mass is 16.5. The van der Waals surface area contributed by atoms with E-state index in [1.54, 1.807) is 0 Å². The zero-order valence-corrected chi connectivity index (χ0v) is 12.1. The van der Waals surface area contributed by atoms with Crippen LogP contribution in [0.15, 0.2) is 0 Å². The van der Waals surface area contributed by atoms with Gasteiger partial charge in [-0.2, -0.15) is 0 Å². The van der Waals surface area contributed by atoms with Gasteiger partial charge in [0.2, 0.25) is 0 Å². The second kappa shape index (κ2) is 6.11. The van der Waals surface area contributed by atoms with Gasteiger partial charge in [0.1, 0.15) is 0 Å². The Hall–Kier alpha value is -0.120. The second-order valence-corrected chi connectivity index (χ2v) is 6.85. The summed E-state index contributed by atoms with van der Waals surface area (Å²) in [5.74, 6) is 0. The monoisotopic (exact) mass is 267 g/mol. The fraction of sp³-hybridized carbons (Fsp3) is 1.00. The van der Waals surface area contributed by atoms with Crippen molar-refractivity contribution in [1.82, 2.24) is 4.90 Å². The topological polar surface area (TPSA) is 32.7 Å². The van der Waals surface area contributed by atoms with Crippen molar-refractivity contribution < 1.29 is 9.84 Å². The largest absolute Gasteiger partial charge is 0.395 e. The van der Waals surface area contributed by atoms with Crippen LogP contribution in [-0.2, 0) is 4.74 Å². The number of aliphatic hydroxyl groups is 1. The Balaban J connectivity index is 1.55. The van der Waals surface area contributed by atoms with Crippen LogP contribution in [0.5, 0.6) is 0 Å². The third-order valence-electron chi connectivity index (χ3n) is 5.50. The lowest BCUT2D eigenvalue weighted by Gasteiger charge is -2.32. The Morgan fingerprint density at radius 1 is 1.00 bits per heavy atom. The molecule has 1 aliphatic carbocycles. The molecule has 0 aromatic rings. The molecular weight excluding hydrogens is 238 g/mol. The van der Waals surface area contributed by atoms with Crippen molar-refractivity contribution >= 4 is 0 Å². The zero-order chi connectivity index (χ0) is 13.1. The molecule has 0 bridgehead atoms. The van der Waals surface area contributed by atoms with Crippen molar-refractivity contribution in [3.8, 4) is 0 Å². The van der Waals surface area contributed by atoms with Gasteiger partial charge in [-0.05, 0) is 45.1 Å². The first-order valence-electron chi connectivity index (χ1n) is 8.34. The molecule has 1 spiro atoms. The summed E-state index contributed by atoms with van der Waals surface area (Å²) in [6.45, 7) is 2.52. The molecule has 3 nitrogen and oxygen atoms in total. The molecule has 3 fully saturated rings. The van der Waals surface area contributed by atoms with Crippen LogP contribution in [0.1, 0.15) is 64.2 Å². The highest BCUT2D eigenvalue weighted by Crippen LogP contribution is 2.43. The summed E-state index contributed by atoms with van der Waals surface area (Å²) in [5.41, 5.74) is 0.255. The van der Waals surface area contributed by atoms with Crippen LogP contribution >= 0.6 is 0 Å². The molecule has 2 unspecified atom stereocenters. The number of rotatable bonds is 3. The van der Waals surface area contributed by atoms with E-state index in [-0.39, 0.29) is 5.60 Å². The van der Waals surface area contributed by atoms with Crippen LogP contribution in [-0.4, -0.2) is 47.4 Å². The summed E-state index contributed by atoms with van der Waals surface area (Å²) in [7, 11) is 0. The number of ether oxygens (including phenoxy) is 1. The molecule has 1 N–H and O–H groups in total. The summed E-state index contributed by atoms with van der Waals surface area (Å²) in [5, 5.41) is 9.58. The van der Waals surface area contributed by atoms with E-state index < -0.39 is 0 Å². The van der Waals surface area contributed by atoms with E-state index in [1.807, 2.05) is 0 Å². The number of aliphatic hydroxyl groups excluding tert-OH is 1. The summed E-state index contributed by atoms with van der Waals surface area (Å²) in [4.78, 5) is 2.51. The van der Waals surface area contributed by atoms with Gasteiger partial charge in [0.25, 0.3) is 0 Å².